The van der Waals surface area contributed by atoms with Gasteiger partial charge < -0.3 is 5.32 Å². The summed E-state index contributed by atoms with van der Waals surface area (Å²) >= 11 is 0. The number of halogens is 1. The van der Waals surface area contributed by atoms with Crippen LogP contribution in [0.4, 0.5) is 15.8 Å². The maximum atomic E-state index is 13.1. The average Bonchev–Trinajstić information content (AvgIpc) is 2.54. The molecule has 0 atom stereocenters. The predicted octanol–water partition coefficient (Wildman–Crippen LogP) is 2.30. The molecule has 2 aromatic carbocycles. The molecule has 26 heavy (non-hydrogen) atoms. The molecule has 0 aromatic heterocycles. The lowest BCUT2D eigenvalue weighted by Gasteiger charge is -2.17. The summed E-state index contributed by atoms with van der Waals surface area (Å²) in [5.41, 5.74) is 0.177. The summed E-state index contributed by atoms with van der Waals surface area (Å²) in [5.74, 6) is -1.22. The largest absolute Gasteiger partial charge is 0.325 e. The first kappa shape index (κ1) is 19.5. The molecular formula is C16H16FN3O5S. The molecule has 8 nitrogen and oxygen atoms in total. The number of hydrogen-bond acceptors (Lipinski definition) is 5. The van der Waals surface area contributed by atoms with Crippen LogP contribution in [0.3, 0.4) is 0 Å². The minimum Gasteiger partial charge on any atom is -0.325 e. The molecule has 0 saturated carbocycles. The summed E-state index contributed by atoms with van der Waals surface area (Å²) < 4.78 is 38.9. The molecule has 0 radical (unpaired) electrons. The highest BCUT2D eigenvalue weighted by Gasteiger charge is 2.25. The van der Waals surface area contributed by atoms with Crippen molar-refractivity contribution in [1.29, 1.82) is 0 Å². The number of carbonyl (C=O) groups excluding carboxylic acids is 1. The first-order chi connectivity index (χ1) is 12.1. The van der Waals surface area contributed by atoms with Crippen molar-refractivity contribution in [3.05, 3.63) is 64.0 Å². The number of nitrogens with zero attached hydrogens (tertiary/aromatic N) is 2. The highest BCUT2D eigenvalue weighted by molar-refractivity contribution is 7.89. The van der Waals surface area contributed by atoms with Crippen molar-refractivity contribution in [2.45, 2.75) is 11.8 Å². The number of nitro groups is 1. The Hall–Kier alpha value is -2.85. The molecule has 0 aliphatic rings. The molecule has 0 saturated heterocycles. The van der Waals surface area contributed by atoms with Crippen LogP contribution in [0.25, 0.3) is 0 Å². The van der Waals surface area contributed by atoms with Crippen LogP contribution in [0, 0.1) is 22.9 Å². The molecule has 1 N–H and O–H groups in total. The lowest BCUT2D eigenvalue weighted by molar-refractivity contribution is -0.385. The summed E-state index contributed by atoms with van der Waals surface area (Å²) in [4.78, 5) is 22.0. The van der Waals surface area contributed by atoms with Crippen LogP contribution < -0.4 is 5.32 Å². The second-order valence-corrected chi connectivity index (χ2v) is 7.57. The highest BCUT2D eigenvalue weighted by Crippen LogP contribution is 2.24. The SMILES string of the molecule is Cc1ccc(S(=O)(=O)N(C)CC(=O)Nc2cccc(F)c2)cc1[N+](=O)[O-]. The smallest absolute Gasteiger partial charge is 0.273 e. The van der Waals surface area contributed by atoms with E-state index in [0.717, 1.165) is 16.4 Å². The molecule has 0 heterocycles. The second-order valence-electron chi connectivity index (χ2n) is 5.53. The predicted molar refractivity (Wildman–Crippen MR) is 92.7 cm³/mol. The van der Waals surface area contributed by atoms with Gasteiger partial charge in [0.1, 0.15) is 5.82 Å². The van der Waals surface area contributed by atoms with Gasteiger partial charge >= 0.3 is 0 Å². The first-order valence-electron chi connectivity index (χ1n) is 7.38. The zero-order valence-electron chi connectivity index (χ0n) is 14.0. The topological polar surface area (TPSA) is 110 Å². The van der Waals surface area contributed by atoms with E-state index in [-0.39, 0.29) is 16.3 Å². The van der Waals surface area contributed by atoms with E-state index in [1.54, 1.807) is 0 Å². The third kappa shape index (κ3) is 4.41. The monoisotopic (exact) mass is 381 g/mol. The molecular weight excluding hydrogens is 365 g/mol. The van der Waals surface area contributed by atoms with Crippen LogP contribution in [-0.2, 0) is 14.8 Å². The van der Waals surface area contributed by atoms with E-state index in [9.17, 15) is 27.7 Å². The summed E-state index contributed by atoms with van der Waals surface area (Å²) in [6, 6.07) is 8.66. The van der Waals surface area contributed by atoms with Gasteiger partial charge in [-0.15, -0.1) is 0 Å². The Balaban J connectivity index is 2.17. The Morgan fingerprint density at radius 3 is 2.58 bits per heavy atom. The van der Waals surface area contributed by atoms with Gasteiger partial charge in [0.15, 0.2) is 0 Å². The average molecular weight is 381 g/mol. The zero-order chi connectivity index (χ0) is 19.5. The van der Waals surface area contributed by atoms with Crippen molar-refractivity contribution < 1.29 is 22.5 Å². The molecule has 0 spiro atoms. The summed E-state index contributed by atoms with van der Waals surface area (Å²) in [6.07, 6.45) is 0. The fourth-order valence-electron chi connectivity index (χ4n) is 2.18. The molecule has 2 rings (SSSR count). The van der Waals surface area contributed by atoms with Gasteiger partial charge in [0, 0.05) is 24.4 Å². The molecule has 0 aliphatic heterocycles. The van der Waals surface area contributed by atoms with Crippen LogP contribution in [0.15, 0.2) is 47.4 Å². The van der Waals surface area contributed by atoms with Gasteiger partial charge in [0.05, 0.1) is 16.4 Å². The molecule has 0 unspecified atom stereocenters. The van der Waals surface area contributed by atoms with Crippen molar-refractivity contribution in [2.75, 3.05) is 18.9 Å². The molecule has 10 heteroatoms. The van der Waals surface area contributed by atoms with E-state index >= 15 is 0 Å². The molecule has 1 amide bonds. The van der Waals surface area contributed by atoms with Gasteiger partial charge in [0.25, 0.3) is 5.69 Å². The summed E-state index contributed by atoms with van der Waals surface area (Å²) in [7, 11) is -2.94. The molecule has 2 aromatic rings. The number of anilines is 1. The van der Waals surface area contributed by atoms with E-state index < -0.39 is 33.2 Å². The van der Waals surface area contributed by atoms with Crippen molar-refractivity contribution in [2.24, 2.45) is 0 Å². The Bertz CT molecular complexity index is 962. The lowest BCUT2D eigenvalue weighted by Crippen LogP contribution is -2.35. The van der Waals surface area contributed by atoms with Gasteiger partial charge in [-0.1, -0.05) is 12.1 Å². The van der Waals surface area contributed by atoms with E-state index in [1.807, 2.05) is 0 Å². The van der Waals surface area contributed by atoms with Crippen molar-refractivity contribution in [3.63, 3.8) is 0 Å². The third-order valence-corrected chi connectivity index (χ3v) is 5.36. The van der Waals surface area contributed by atoms with Crippen molar-refractivity contribution in [3.8, 4) is 0 Å². The van der Waals surface area contributed by atoms with E-state index in [2.05, 4.69) is 5.32 Å². The number of sulfonamides is 1. The molecule has 0 aliphatic carbocycles. The zero-order valence-corrected chi connectivity index (χ0v) is 14.8. The van der Waals surface area contributed by atoms with Crippen LogP contribution >= 0.6 is 0 Å². The fraction of sp³-hybridized carbons (Fsp3) is 0.188. The number of nitrogens with one attached hydrogen (secondary N) is 1. The van der Waals surface area contributed by atoms with Crippen LogP contribution in [0.2, 0.25) is 0 Å². The van der Waals surface area contributed by atoms with Crippen LogP contribution in [0.5, 0.6) is 0 Å². The first-order valence-corrected chi connectivity index (χ1v) is 8.82. The van der Waals surface area contributed by atoms with Gasteiger partial charge in [-0.2, -0.15) is 4.31 Å². The Morgan fingerprint density at radius 2 is 1.96 bits per heavy atom. The number of amides is 1. The molecule has 138 valence electrons. The maximum absolute atomic E-state index is 13.1. The highest BCUT2D eigenvalue weighted by atomic mass is 32.2. The van der Waals surface area contributed by atoms with Gasteiger partial charge in [-0.3, -0.25) is 14.9 Å². The minimum atomic E-state index is -4.11. The number of hydrogen-bond donors (Lipinski definition) is 1. The standard InChI is InChI=1S/C16H16FN3O5S/c1-11-6-7-14(9-15(11)20(22)23)26(24,25)19(2)10-16(21)18-13-5-3-4-12(17)8-13/h3-9H,10H2,1-2H3,(H,18,21). The van der Waals surface area contributed by atoms with Gasteiger partial charge in [-0.05, 0) is 31.2 Å². The number of carbonyl (C=O) groups is 1. The Morgan fingerprint density at radius 1 is 1.27 bits per heavy atom. The second kappa shape index (κ2) is 7.58. The summed E-state index contributed by atoms with van der Waals surface area (Å²) in [5, 5.41) is 13.4. The normalized spacial score (nSPS) is 11.4. The lowest BCUT2D eigenvalue weighted by atomic mass is 10.2. The van der Waals surface area contributed by atoms with Crippen molar-refractivity contribution in [1.82, 2.24) is 4.31 Å². The van der Waals surface area contributed by atoms with E-state index in [1.165, 1.54) is 44.3 Å². The van der Waals surface area contributed by atoms with Gasteiger partial charge in [-0.25, -0.2) is 12.8 Å². The summed E-state index contributed by atoms with van der Waals surface area (Å²) in [6.45, 7) is 0.950. The van der Waals surface area contributed by atoms with Crippen molar-refractivity contribution >= 4 is 27.3 Å². The van der Waals surface area contributed by atoms with Gasteiger partial charge in [0.2, 0.25) is 15.9 Å². The molecule has 0 fully saturated rings. The van der Waals surface area contributed by atoms with E-state index in [4.69, 9.17) is 0 Å². The molecule has 0 bridgehead atoms. The minimum absolute atomic E-state index is 0.187. The number of rotatable bonds is 6. The Labute approximate surface area is 149 Å². The maximum Gasteiger partial charge on any atom is 0.273 e. The number of nitro benzene ring substituents is 1. The number of benzene rings is 2. The van der Waals surface area contributed by atoms with Crippen LogP contribution in [0.1, 0.15) is 5.56 Å². The third-order valence-electron chi connectivity index (χ3n) is 3.56. The van der Waals surface area contributed by atoms with Crippen LogP contribution in [-0.4, -0.2) is 37.1 Å². The Kier molecular flexibility index (Phi) is 5.68. The fourth-order valence-corrected chi connectivity index (χ4v) is 3.33. The number of likely N-dealkylation sites (N-methyl/N-ethyl adjacent to an activating group) is 1. The quantitative estimate of drug-likeness (QED) is 0.610. The van der Waals surface area contributed by atoms with E-state index in [0.29, 0.717) is 5.56 Å². The number of aryl methyl sites for hydroxylation is 1.